The van der Waals surface area contributed by atoms with E-state index in [-0.39, 0.29) is 11.7 Å². The summed E-state index contributed by atoms with van der Waals surface area (Å²) in [7, 11) is 0. The van der Waals surface area contributed by atoms with Crippen LogP contribution < -0.4 is 5.32 Å². The van der Waals surface area contributed by atoms with Crippen molar-refractivity contribution in [3.8, 4) is 0 Å². The third-order valence-electron chi connectivity index (χ3n) is 2.44. The summed E-state index contributed by atoms with van der Waals surface area (Å²) in [5.74, 6) is 0.111. The molecule has 0 spiro atoms. The molecule has 1 N–H and O–H groups in total. The lowest BCUT2D eigenvalue weighted by Crippen LogP contribution is -2.14. The van der Waals surface area contributed by atoms with Crippen molar-refractivity contribution in [3.63, 3.8) is 0 Å². The number of amides is 1. The van der Waals surface area contributed by atoms with Gasteiger partial charge in [0.2, 0.25) is 5.91 Å². The van der Waals surface area contributed by atoms with Crippen LogP contribution in [0.5, 0.6) is 0 Å². The van der Waals surface area contributed by atoms with Crippen LogP contribution in [-0.2, 0) is 4.79 Å². The van der Waals surface area contributed by atoms with Gasteiger partial charge in [-0.1, -0.05) is 41.0 Å². The van der Waals surface area contributed by atoms with Crippen LogP contribution in [-0.4, -0.2) is 16.6 Å². The van der Waals surface area contributed by atoms with Gasteiger partial charge < -0.3 is 5.32 Å². The van der Waals surface area contributed by atoms with Crippen LogP contribution in [0.15, 0.2) is 41.6 Å². The zero-order valence-electron chi connectivity index (χ0n) is 10.7. The van der Waals surface area contributed by atoms with Gasteiger partial charge in [0.25, 0.3) is 0 Å². The van der Waals surface area contributed by atoms with Gasteiger partial charge in [-0.15, -0.1) is 0 Å². The van der Waals surface area contributed by atoms with Crippen molar-refractivity contribution < 1.29 is 4.79 Å². The fourth-order valence-electron chi connectivity index (χ4n) is 1.46. The molecule has 0 saturated carbocycles. The molecule has 3 nitrogen and oxygen atoms in total. The highest BCUT2D eigenvalue weighted by Crippen LogP contribution is 2.25. The Morgan fingerprint density at radius 1 is 1.30 bits per heavy atom. The molecule has 1 aromatic heterocycles. The van der Waals surface area contributed by atoms with Crippen LogP contribution in [0.25, 0.3) is 0 Å². The molecule has 2 rings (SSSR count). The number of anilines is 1. The summed E-state index contributed by atoms with van der Waals surface area (Å²) in [6.45, 7) is 1.97. The highest BCUT2D eigenvalue weighted by Gasteiger charge is 2.07. The van der Waals surface area contributed by atoms with E-state index < -0.39 is 0 Å². The number of thioether (sulfide) groups is 1. The molecule has 0 radical (unpaired) electrons. The zero-order valence-corrected chi connectivity index (χ0v) is 13.0. The van der Waals surface area contributed by atoms with E-state index >= 15 is 0 Å². The average Bonchev–Trinajstić information content (AvgIpc) is 2.42. The van der Waals surface area contributed by atoms with Crippen molar-refractivity contribution in [3.05, 3.63) is 52.1 Å². The summed E-state index contributed by atoms with van der Waals surface area (Å²) < 4.78 is 0. The van der Waals surface area contributed by atoms with Crippen molar-refractivity contribution >= 4 is 46.6 Å². The number of halogens is 2. The largest absolute Gasteiger partial charge is 0.324 e. The standard InChI is InChI=1S/C14H12Cl2N2OS/c1-9-2-5-14(17-7-9)20-8-13(19)18-12-6-10(15)3-4-11(12)16/h2-7H,8H2,1H3,(H,18,19). The van der Waals surface area contributed by atoms with E-state index in [0.29, 0.717) is 15.7 Å². The Bertz CT molecular complexity index is 617. The average molecular weight is 327 g/mol. The van der Waals surface area contributed by atoms with Gasteiger partial charge in [0.15, 0.2) is 0 Å². The molecule has 0 fully saturated rings. The van der Waals surface area contributed by atoms with E-state index in [1.54, 1.807) is 24.4 Å². The number of rotatable bonds is 4. The number of nitrogens with zero attached hydrogens (tertiary/aromatic N) is 1. The van der Waals surface area contributed by atoms with Gasteiger partial charge in [0.1, 0.15) is 0 Å². The number of aromatic nitrogens is 1. The quantitative estimate of drug-likeness (QED) is 0.845. The van der Waals surface area contributed by atoms with Crippen molar-refractivity contribution in [1.29, 1.82) is 0 Å². The molecule has 1 heterocycles. The number of hydrogen-bond donors (Lipinski definition) is 1. The van der Waals surface area contributed by atoms with Crippen molar-refractivity contribution in [1.82, 2.24) is 4.98 Å². The zero-order chi connectivity index (χ0) is 14.5. The molecule has 1 aromatic carbocycles. The van der Waals surface area contributed by atoms with Gasteiger partial charge >= 0.3 is 0 Å². The number of nitrogens with one attached hydrogen (secondary N) is 1. The molecule has 0 aliphatic rings. The molecular weight excluding hydrogens is 315 g/mol. The molecule has 0 bridgehead atoms. The van der Waals surface area contributed by atoms with E-state index in [2.05, 4.69) is 10.3 Å². The summed E-state index contributed by atoms with van der Waals surface area (Å²) in [6.07, 6.45) is 1.77. The Hall–Kier alpha value is -1.23. The summed E-state index contributed by atoms with van der Waals surface area (Å²) in [5, 5.41) is 4.52. The van der Waals surface area contributed by atoms with E-state index in [0.717, 1.165) is 10.6 Å². The Balaban J connectivity index is 1.92. The maximum Gasteiger partial charge on any atom is 0.234 e. The van der Waals surface area contributed by atoms with E-state index in [9.17, 15) is 4.79 Å². The maximum atomic E-state index is 11.9. The molecule has 0 atom stereocenters. The minimum absolute atomic E-state index is 0.151. The third kappa shape index (κ3) is 4.40. The first-order valence-electron chi connectivity index (χ1n) is 5.85. The second-order valence-electron chi connectivity index (χ2n) is 4.13. The lowest BCUT2D eigenvalue weighted by atomic mass is 10.3. The van der Waals surface area contributed by atoms with Crippen LogP contribution in [0.2, 0.25) is 10.0 Å². The molecule has 2 aromatic rings. The Kier molecular flexibility index (Phi) is 5.29. The molecule has 20 heavy (non-hydrogen) atoms. The van der Waals surface area contributed by atoms with Gasteiger partial charge in [0, 0.05) is 11.2 Å². The fraction of sp³-hybridized carbons (Fsp3) is 0.143. The van der Waals surface area contributed by atoms with Crippen molar-refractivity contribution in [2.75, 3.05) is 11.1 Å². The summed E-state index contributed by atoms with van der Waals surface area (Å²) >= 11 is 13.2. The topological polar surface area (TPSA) is 42.0 Å². The molecule has 1 amide bonds. The first-order valence-corrected chi connectivity index (χ1v) is 7.59. The smallest absolute Gasteiger partial charge is 0.234 e. The lowest BCUT2D eigenvalue weighted by Gasteiger charge is -2.07. The SMILES string of the molecule is Cc1ccc(SCC(=O)Nc2cc(Cl)ccc2Cl)nc1. The molecule has 0 aliphatic heterocycles. The Morgan fingerprint density at radius 3 is 2.80 bits per heavy atom. The van der Waals surface area contributed by atoms with Gasteiger partial charge in [0.05, 0.1) is 21.5 Å². The molecule has 0 saturated heterocycles. The summed E-state index contributed by atoms with van der Waals surface area (Å²) in [4.78, 5) is 16.1. The van der Waals surface area contributed by atoms with E-state index in [4.69, 9.17) is 23.2 Å². The molecule has 0 aliphatic carbocycles. The van der Waals surface area contributed by atoms with Crippen LogP contribution in [0, 0.1) is 6.92 Å². The lowest BCUT2D eigenvalue weighted by molar-refractivity contribution is -0.113. The number of aryl methyl sites for hydroxylation is 1. The fourth-order valence-corrected chi connectivity index (χ4v) is 2.44. The van der Waals surface area contributed by atoms with Crippen LogP contribution in [0.3, 0.4) is 0 Å². The minimum Gasteiger partial charge on any atom is -0.324 e. The number of carbonyl (C=O) groups excluding carboxylic acids is 1. The number of pyridine rings is 1. The normalized spacial score (nSPS) is 10.3. The second-order valence-corrected chi connectivity index (χ2v) is 5.97. The summed E-state index contributed by atoms with van der Waals surface area (Å²) in [6, 6.07) is 8.79. The van der Waals surface area contributed by atoms with Crippen LogP contribution in [0.4, 0.5) is 5.69 Å². The van der Waals surface area contributed by atoms with Gasteiger partial charge in [-0.3, -0.25) is 4.79 Å². The highest BCUT2D eigenvalue weighted by atomic mass is 35.5. The predicted molar refractivity (Wildman–Crippen MR) is 84.8 cm³/mol. The molecule has 0 unspecified atom stereocenters. The number of benzene rings is 1. The Morgan fingerprint density at radius 2 is 2.10 bits per heavy atom. The van der Waals surface area contributed by atoms with Crippen molar-refractivity contribution in [2.24, 2.45) is 0 Å². The number of carbonyl (C=O) groups is 1. The predicted octanol–water partition coefficient (Wildman–Crippen LogP) is 4.43. The van der Waals surface area contributed by atoms with Crippen LogP contribution >= 0.6 is 35.0 Å². The van der Waals surface area contributed by atoms with Crippen molar-refractivity contribution in [2.45, 2.75) is 11.9 Å². The highest BCUT2D eigenvalue weighted by molar-refractivity contribution is 7.99. The van der Waals surface area contributed by atoms with Crippen LogP contribution in [0.1, 0.15) is 5.56 Å². The molecule has 104 valence electrons. The third-order valence-corrected chi connectivity index (χ3v) is 3.95. The van der Waals surface area contributed by atoms with E-state index in [1.807, 2.05) is 19.1 Å². The van der Waals surface area contributed by atoms with Gasteiger partial charge in [-0.2, -0.15) is 0 Å². The second kappa shape index (κ2) is 6.97. The monoisotopic (exact) mass is 326 g/mol. The van der Waals surface area contributed by atoms with Gasteiger partial charge in [-0.25, -0.2) is 4.98 Å². The first kappa shape index (κ1) is 15.2. The van der Waals surface area contributed by atoms with E-state index in [1.165, 1.54) is 11.8 Å². The maximum absolute atomic E-state index is 11.9. The molecular formula is C14H12Cl2N2OS. The first-order chi connectivity index (χ1) is 9.54. The molecule has 6 heteroatoms. The van der Waals surface area contributed by atoms with Gasteiger partial charge in [-0.05, 0) is 36.8 Å². The Labute approximate surface area is 131 Å². The minimum atomic E-state index is -0.151. The number of hydrogen-bond acceptors (Lipinski definition) is 3. The summed E-state index contributed by atoms with van der Waals surface area (Å²) in [5.41, 5.74) is 1.60.